The average molecular weight is 259 g/mol. The molecule has 1 saturated heterocycles. The first-order valence-corrected chi connectivity index (χ1v) is 7.15. The van der Waals surface area contributed by atoms with Crippen molar-refractivity contribution >= 4 is 10.0 Å². The van der Waals surface area contributed by atoms with Crippen LogP contribution in [0.2, 0.25) is 0 Å². The van der Waals surface area contributed by atoms with E-state index in [0.717, 1.165) is 13.0 Å². The highest BCUT2D eigenvalue weighted by atomic mass is 32.2. The number of nitrogens with zero attached hydrogens (tertiary/aromatic N) is 2. The third-order valence-corrected chi connectivity index (χ3v) is 4.86. The van der Waals surface area contributed by atoms with Gasteiger partial charge in [-0.25, -0.2) is 8.42 Å². The molecule has 0 radical (unpaired) electrons. The van der Waals surface area contributed by atoms with Gasteiger partial charge >= 0.3 is 0 Å². The van der Waals surface area contributed by atoms with Crippen molar-refractivity contribution in [3.05, 3.63) is 12.4 Å². The summed E-state index contributed by atoms with van der Waals surface area (Å²) in [4.78, 5) is 0.221. The number of H-pyrrole nitrogens is 1. The van der Waals surface area contributed by atoms with Crippen LogP contribution in [0, 0.1) is 5.92 Å². The number of aromatic amines is 1. The molecule has 0 aliphatic carbocycles. The number of nitrogens with one attached hydrogen (secondary N) is 1. The smallest absolute Gasteiger partial charge is 0.246 e. The van der Waals surface area contributed by atoms with E-state index in [-0.39, 0.29) is 4.90 Å². The number of sulfonamides is 1. The Bertz CT molecular complexity index is 437. The summed E-state index contributed by atoms with van der Waals surface area (Å²) in [6.45, 7) is 4.20. The van der Waals surface area contributed by atoms with E-state index in [0.29, 0.717) is 25.6 Å². The fourth-order valence-electron chi connectivity index (χ4n) is 1.94. The van der Waals surface area contributed by atoms with Crippen molar-refractivity contribution < 1.29 is 13.2 Å². The Balaban J connectivity index is 2.12. The van der Waals surface area contributed by atoms with Crippen molar-refractivity contribution in [2.24, 2.45) is 5.92 Å². The van der Waals surface area contributed by atoms with Gasteiger partial charge in [0.05, 0.1) is 12.8 Å². The summed E-state index contributed by atoms with van der Waals surface area (Å²) in [6.07, 6.45) is 3.67. The average Bonchev–Trinajstić information content (AvgIpc) is 2.98. The van der Waals surface area contributed by atoms with Crippen LogP contribution in [0.1, 0.15) is 13.3 Å². The monoisotopic (exact) mass is 259 g/mol. The zero-order chi connectivity index (χ0) is 12.3. The Morgan fingerprint density at radius 3 is 3.00 bits per heavy atom. The van der Waals surface area contributed by atoms with Gasteiger partial charge in [-0.3, -0.25) is 5.10 Å². The van der Waals surface area contributed by atoms with Crippen LogP contribution in [0.5, 0.6) is 0 Å². The van der Waals surface area contributed by atoms with Gasteiger partial charge in [0.1, 0.15) is 4.90 Å². The Kier molecular flexibility index (Phi) is 3.80. The molecule has 2 rings (SSSR count). The third kappa shape index (κ3) is 2.67. The van der Waals surface area contributed by atoms with Crippen LogP contribution < -0.4 is 0 Å². The molecule has 1 atom stereocenters. The summed E-state index contributed by atoms with van der Waals surface area (Å²) in [5.41, 5.74) is 0. The van der Waals surface area contributed by atoms with E-state index in [1.54, 1.807) is 0 Å². The number of rotatable bonds is 5. The molecule has 0 saturated carbocycles. The lowest BCUT2D eigenvalue weighted by Crippen LogP contribution is -2.35. The minimum absolute atomic E-state index is 0.221. The van der Waals surface area contributed by atoms with E-state index in [9.17, 15) is 8.42 Å². The van der Waals surface area contributed by atoms with Crippen molar-refractivity contribution in [3.63, 3.8) is 0 Å². The zero-order valence-electron chi connectivity index (χ0n) is 9.80. The maximum absolute atomic E-state index is 12.2. The van der Waals surface area contributed by atoms with E-state index in [1.165, 1.54) is 16.7 Å². The molecule has 0 bridgehead atoms. The van der Waals surface area contributed by atoms with E-state index >= 15 is 0 Å². The molecule has 17 heavy (non-hydrogen) atoms. The molecule has 96 valence electrons. The maximum atomic E-state index is 12.2. The van der Waals surface area contributed by atoms with Crippen molar-refractivity contribution in [3.8, 4) is 0 Å². The largest absolute Gasteiger partial charge is 0.381 e. The van der Waals surface area contributed by atoms with Gasteiger partial charge in [-0.05, 0) is 12.3 Å². The molecular weight excluding hydrogens is 242 g/mol. The molecule has 1 aromatic heterocycles. The predicted octanol–water partition coefficient (Wildman–Crippen LogP) is 0.457. The summed E-state index contributed by atoms with van der Waals surface area (Å²) >= 11 is 0. The fraction of sp³-hybridized carbons (Fsp3) is 0.700. The van der Waals surface area contributed by atoms with Gasteiger partial charge in [-0.15, -0.1) is 0 Å². The highest BCUT2D eigenvalue weighted by Crippen LogP contribution is 2.19. The molecule has 1 fully saturated rings. The maximum Gasteiger partial charge on any atom is 0.246 e. The first-order chi connectivity index (χ1) is 8.14. The quantitative estimate of drug-likeness (QED) is 0.833. The van der Waals surface area contributed by atoms with Gasteiger partial charge in [0.2, 0.25) is 10.0 Å². The summed E-state index contributed by atoms with van der Waals surface area (Å²) in [7, 11) is -3.41. The molecule has 1 unspecified atom stereocenters. The van der Waals surface area contributed by atoms with Crippen LogP contribution in [-0.4, -0.2) is 49.2 Å². The lowest BCUT2D eigenvalue weighted by atomic mass is 10.1. The van der Waals surface area contributed by atoms with Gasteiger partial charge in [0, 0.05) is 25.9 Å². The molecule has 2 heterocycles. The Morgan fingerprint density at radius 2 is 2.47 bits per heavy atom. The van der Waals surface area contributed by atoms with E-state index in [4.69, 9.17) is 4.74 Å². The van der Waals surface area contributed by atoms with Crippen LogP contribution in [-0.2, 0) is 14.8 Å². The Hall–Kier alpha value is -0.920. The van der Waals surface area contributed by atoms with Crippen LogP contribution in [0.3, 0.4) is 0 Å². The lowest BCUT2D eigenvalue weighted by Gasteiger charge is -2.22. The zero-order valence-corrected chi connectivity index (χ0v) is 10.6. The first-order valence-electron chi connectivity index (χ1n) is 5.71. The SMILES string of the molecule is CCN(CC1CCOC1)S(=O)(=O)c1cn[nH]c1. The molecule has 0 spiro atoms. The van der Waals surface area contributed by atoms with E-state index in [2.05, 4.69) is 10.2 Å². The second kappa shape index (κ2) is 5.16. The predicted molar refractivity (Wildman–Crippen MR) is 61.9 cm³/mol. The van der Waals surface area contributed by atoms with Crippen molar-refractivity contribution in [1.82, 2.24) is 14.5 Å². The molecule has 0 aromatic carbocycles. The van der Waals surface area contributed by atoms with Crippen molar-refractivity contribution in [2.75, 3.05) is 26.3 Å². The highest BCUT2D eigenvalue weighted by Gasteiger charge is 2.28. The van der Waals surface area contributed by atoms with Gasteiger partial charge in [-0.1, -0.05) is 6.92 Å². The Morgan fingerprint density at radius 1 is 1.65 bits per heavy atom. The summed E-state index contributed by atoms with van der Waals surface area (Å²) in [5.74, 6) is 0.302. The molecule has 1 aromatic rings. The van der Waals surface area contributed by atoms with E-state index < -0.39 is 10.0 Å². The number of hydrogen-bond donors (Lipinski definition) is 1. The molecule has 7 heteroatoms. The van der Waals surface area contributed by atoms with Gasteiger partial charge in [0.15, 0.2) is 0 Å². The molecule has 1 N–H and O–H groups in total. The summed E-state index contributed by atoms with van der Waals surface area (Å²) in [6, 6.07) is 0. The van der Waals surface area contributed by atoms with Crippen LogP contribution in [0.4, 0.5) is 0 Å². The van der Waals surface area contributed by atoms with Gasteiger partial charge in [-0.2, -0.15) is 9.40 Å². The normalized spacial score (nSPS) is 21.2. The summed E-state index contributed by atoms with van der Waals surface area (Å²) < 4.78 is 31.2. The molecular formula is C10H17N3O3S. The van der Waals surface area contributed by atoms with Crippen LogP contribution in [0.25, 0.3) is 0 Å². The van der Waals surface area contributed by atoms with E-state index in [1.807, 2.05) is 6.92 Å². The van der Waals surface area contributed by atoms with Crippen LogP contribution >= 0.6 is 0 Å². The van der Waals surface area contributed by atoms with Crippen LogP contribution in [0.15, 0.2) is 17.3 Å². The Labute approximate surface area is 101 Å². The third-order valence-electron chi connectivity index (χ3n) is 2.95. The lowest BCUT2D eigenvalue weighted by molar-refractivity contribution is 0.181. The van der Waals surface area contributed by atoms with Gasteiger partial charge < -0.3 is 4.74 Å². The van der Waals surface area contributed by atoms with Crippen molar-refractivity contribution in [2.45, 2.75) is 18.2 Å². The molecule has 6 nitrogen and oxygen atoms in total. The number of aromatic nitrogens is 2. The topological polar surface area (TPSA) is 75.3 Å². The van der Waals surface area contributed by atoms with Crippen molar-refractivity contribution in [1.29, 1.82) is 0 Å². The molecule has 1 aliphatic rings. The molecule has 1 aliphatic heterocycles. The second-order valence-corrected chi connectivity index (χ2v) is 6.06. The number of ether oxygens (including phenoxy) is 1. The highest BCUT2D eigenvalue weighted by molar-refractivity contribution is 7.89. The summed E-state index contributed by atoms with van der Waals surface area (Å²) in [5, 5.41) is 6.21. The molecule has 0 amide bonds. The second-order valence-electron chi connectivity index (χ2n) is 4.12. The standard InChI is InChI=1S/C10H17N3O3S/c1-2-13(7-9-3-4-16-8-9)17(14,15)10-5-11-12-6-10/h5-6,9H,2-4,7-8H2,1H3,(H,11,12). The minimum atomic E-state index is -3.41. The first kappa shape index (κ1) is 12.5. The number of hydrogen-bond acceptors (Lipinski definition) is 4. The fourth-order valence-corrected chi connectivity index (χ4v) is 3.37. The minimum Gasteiger partial charge on any atom is -0.381 e. The van der Waals surface area contributed by atoms with Gasteiger partial charge in [0.25, 0.3) is 0 Å².